The average Bonchev–Trinajstić information content (AvgIpc) is 3.39. The smallest absolute Gasteiger partial charge is 0.338 e. The van der Waals surface area contributed by atoms with Crippen LogP contribution in [0, 0.1) is 46.3 Å². The number of rotatable bonds is 8. The van der Waals surface area contributed by atoms with E-state index in [9.17, 15) is 14.4 Å². The Morgan fingerprint density at radius 2 is 1.84 bits per heavy atom. The monoisotopic (exact) mass is 608 g/mol. The lowest BCUT2D eigenvalue weighted by atomic mass is 9.43. The maximum atomic E-state index is 13.7. The first kappa shape index (κ1) is 31.7. The van der Waals surface area contributed by atoms with Gasteiger partial charge in [0.15, 0.2) is 6.29 Å². The fourth-order valence-corrected chi connectivity index (χ4v) is 10.6. The van der Waals surface area contributed by atoms with Crippen molar-refractivity contribution in [2.45, 2.75) is 116 Å². The first-order chi connectivity index (χ1) is 21.1. The van der Waals surface area contributed by atoms with Gasteiger partial charge in [-0.05, 0) is 111 Å². The normalized spacial score (nSPS) is 40.7. The zero-order valence-corrected chi connectivity index (χ0v) is 27.1. The maximum Gasteiger partial charge on any atom is 0.338 e. The molecule has 0 radical (unpaired) electrons. The molecule has 1 aromatic carbocycles. The molecule has 7 heteroatoms. The second-order valence-electron chi connectivity index (χ2n) is 15.1. The first-order valence-corrected chi connectivity index (χ1v) is 17.3. The van der Waals surface area contributed by atoms with Gasteiger partial charge in [-0.15, -0.1) is 0 Å². The van der Waals surface area contributed by atoms with Gasteiger partial charge in [-0.1, -0.05) is 39.0 Å². The summed E-state index contributed by atoms with van der Waals surface area (Å²) >= 11 is 0. The van der Waals surface area contributed by atoms with Gasteiger partial charge in [0.05, 0.1) is 18.8 Å². The van der Waals surface area contributed by atoms with Crippen molar-refractivity contribution in [3.8, 4) is 0 Å². The quantitative estimate of drug-likeness (QED) is 0.229. The Kier molecular flexibility index (Phi) is 9.27. The minimum absolute atomic E-state index is 0.000814. The molecule has 0 aromatic heterocycles. The summed E-state index contributed by atoms with van der Waals surface area (Å²) in [6, 6.07) is 9.34. The van der Waals surface area contributed by atoms with Crippen LogP contribution in [0.3, 0.4) is 0 Å². The Balaban J connectivity index is 1.37. The lowest BCUT2D eigenvalue weighted by Crippen LogP contribution is -2.63. The second kappa shape index (κ2) is 12.9. The van der Waals surface area contributed by atoms with Crippen LogP contribution in [0.4, 0.5) is 0 Å². The number of ketones is 1. The molecule has 0 bridgehead atoms. The van der Waals surface area contributed by atoms with E-state index in [-0.39, 0.29) is 53.1 Å². The topological polar surface area (TPSA) is 88.1 Å². The van der Waals surface area contributed by atoms with Crippen molar-refractivity contribution in [3.63, 3.8) is 0 Å². The van der Waals surface area contributed by atoms with Crippen LogP contribution in [0.1, 0.15) is 108 Å². The maximum absolute atomic E-state index is 13.7. The Bertz CT molecular complexity index is 1190. The molecule has 6 rings (SSSR count). The molecule has 1 saturated heterocycles. The molecule has 4 aliphatic carbocycles. The Morgan fingerprint density at radius 1 is 1.05 bits per heavy atom. The Labute approximate surface area is 263 Å². The van der Waals surface area contributed by atoms with Crippen LogP contribution in [-0.2, 0) is 28.5 Å². The molecule has 4 saturated carbocycles. The lowest BCUT2D eigenvalue weighted by molar-refractivity contribution is -0.258. The van der Waals surface area contributed by atoms with E-state index in [4.69, 9.17) is 18.9 Å². The number of fused-ring (bicyclic) bond motifs is 5. The Hall–Kier alpha value is -2.25. The van der Waals surface area contributed by atoms with Gasteiger partial charge in [-0.3, -0.25) is 9.59 Å². The van der Waals surface area contributed by atoms with Crippen LogP contribution in [0.15, 0.2) is 30.3 Å². The SMILES string of the molecule is COC(=O)CCC(C)[C@H]1CC[C@H]2[C@@H]3[C@H](O[C@@H]4CCCCO4)C[C@@H]4CC(=O)CC[C@]4(C)[C@H]3C[C@H](OC(=O)c3ccccc3)[C@]12C. The van der Waals surface area contributed by atoms with Crippen LogP contribution < -0.4 is 0 Å². The van der Waals surface area contributed by atoms with Crippen LogP contribution in [-0.4, -0.2) is 49.9 Å². The summed E-state index contributed by atoms with van der Waals surface area (Å²) in [7, 11) is 1.45. The van der Waals surface area contributed by atoms with Gasteiger partial charge in [0.2, 0.25) is 0 Å². The molecule has 5 fully saturated rings. The number of Topliss-reactive ketones (excluding diaryl/α,β-unsaturated/α-hetero) is 1. The molecular formula is C37H52O7. The summed E-state index contributed by atoms with van der Waals surface area (Å²) in [6.45, 7) is 7.79. The first-order valence-electron chi connectivity index (χ1n) is 17.3. The minimum atomic E-state index is -0.262. The van der Waals surface area contributed by atoms with Crippen molar-refractivity contribution in [1.82, 2.24) is 0 Å². The van der Waals surface area contributed by atoms with Crippen LogP contribution >= 0.6 is 0 Å². The molecule has 11 atom stereocenters. The molecule has 5 aliphatic rings. The zero-order valence-electron chi connectivity index (χ0n) is 27.1. The summed E-state index contributed by atoms with van der Waals surface area (Å²) in [5.74, 6) is 1.69. The van der Waals surface area contributed by atoms with E-state index in [1.165, 1.54) is 7.11 Å². The second-order valence-corrected chi connectivity index (χ2v) is 15.1. The van der Waals surface area contributed by atoms with E-state index in [1.807, 2.05) is 30.3 Å². The van der Waals surface area contributed by atoms with Gasteiger partial charge in [0.25, 0.3) is 0 Å². The number of benzene rings is 1. The van der Waals surface area contributed by atoms with Crippen molar-refractivity contribution < 1.29 is 33.3 Å². The summed E-state index contributed by atoms with van der Waals surface area (Å²) in [6.07, 6.45) is 9.76. The highest BCUT2D eigenvalue weighted by molar-refractivity contribution is 5.89. The highest BCUT2D eigenvalue weighted by Crippen LogP contribution is 2.69. The largest absolute Gasteiger partial charge is 0.469 e. The summed E-state index contributed by atoms with van der Waals surface area (Å²) < 4.78 is 24.7. The predicted molar refractivity (Wildman–Crippen MR) is 166 cm³/mol. The molecule has 242 valence electrons. The predicted octanol–water partition coefficient (Wildman–Crippen LogP) is 7.16. The van der Waals surface area contributed by atoms with Gasteiger partial charge < -0.3 is 18.9 Å². The third kappa shape index (κ3) is 5.77. The van der Waals surface area contributed by atoms with E-state index in [1.54, 1.807) is 0 Å². The van der Waals surface area contributed by atoms with E-state index in [0.717, 1.165) is 64.4 Å². The van der Waals surface area contributed by atoms with Crippen molar-refractivity contribution in [3.05, 3.63) is 35.9 Å². The fraction of sp³-hybridized carbons (Fsp3) is 0.757. The van der Waals surface area contributed by atoms with Gasteiger partial charge in [-0.2, -0.15) is 0 Å². The van der Waals surface area contributed by atoms with E-state index in [0.29, 0.717) is 54.3 Å². The van der Waals surface area contributed by atoms with Crippen molar-refractivity contribution in [2.75, 3.05) is 13.7 Å². The molecule has 1 aromatic rings. The third-order valence-corrected chi connectivity index (χ3v) is 13.1. The average molecular weight is 609 g/mol. The lowest BCUT2D eigenvalue weighted by Gasteiger charge is -2.64. The molecule has 1 unspecified atom stereocenters. The highest BCUT2D eigenvalue weighted by atomic mass is 16.7. The van der Waals surface area contributed by atoms with Crippen LogP contribution in [0.2, 0.25) is 0 Å². The molecule has 1 heterocycles. The minimum Gasteiger partial charge on any atom is -0.469 e. The van der Waals surface area contributed by atoms with E-state index >= 15 is 0 Å². The standard InChI is InChI=1S/C37H52O7/c1-23(13-16-32(39)41-4)27-14-15-28-34-29(22-31(37(27,28)3)44-35(40)24-10-6-5-7-11-24)36(2)18-17-26(38)20-25(36)21-30(34)43-33-12-8-9-19-42-33/h5-7,10-11,23,25,27-31,33-34H,8-9,12-22H2,1-4H3/t23?,25-,27+,28-,29-,30+,31-,33+,34-,36-,37+/m0/s1. The molecule has 0 N–H and O–H groups in total. The number of esters is 2. The highest BCUT2D eigenvalue weighted by Gasteiger charge is 2.67. The third-order valence-electron chi connectivity index (χ3n) is 13.1. The number of hydrogen-bond donors (Lipinski definition) is 0. The molecule has 44 heavy (non-hydrogen) atoms. The van der Waals surface area contributed by atoms with Crippen molar-refractivity contribution in [2.24, 2.45) is 46.3 Å². The van der Waals surface area contributed by atoms with E-state index < -0.39 is 0 Å². The van der Waals surface area contributed by atoms with Crippen LogP contribution in [0.25, 0.3) is 0 Å². The summed E-state index contributed by atoms with van der Waals surface area (Å²) in [4.78, 5) is 38.6. The van der Waals surface area contributed by atoms with Gasteiger partial charge >= 0.3 is 11.9 Å². The number of carbonyl (C=O) groups is 3. The fourth-order valence-electron chi connectivity index (χ4n) is 10.6. The van der Waals surface area contributed by atoms with E-state index in [2.05, 4.69) is 20.8 Å². The van der Waals surface area contributed by atoms with Gasteiger partial charge in [0.1, 0.15) is 11.9 Å². The number of methoxy groups -OCH3 is 1. The van der Waals surface area contributed by atoms with Crippen LogP contribution in [0.5, 0.6) is 0 Å². The number of ether oxygens (including phenoxy) is 4. The molecule has 0 amide bonds. The van der Waals surface area contributed by atoms with Gasteiger partial charge in [0, 0.05) is 31.3 Å². The number of carbonyl (C=O) groups excluding carboxylic acids is 3. The molecular weight excluding hydrogens is 556 g/mol. The summed E-state index contributed by atoms with van der Waals surface area (Å²) in [5, 5.41) is 0. The Morgan fingerprint density at radius 3 is 2.57 bits per heavy atom. The van der Waals surface area contributed by atoms with Crippen molar-refractivity contribution in [1.29, 1.82) is 0 Å². The number of hydrogen-bond acceptors (Lipinski definition) is 7. The zero-order chi connectivity index (χ0) is 31.1. The van der Waals surface area contributed by atoms with Crippen molar-refractivity contribution >= 4 is 17.7 Å². The molecule has 1 aliphatic heterocycles. The summed E-state index contributed by atoms with van der Waals surface area (Å²) in [5.41, 5.74) is 0.318. The van der Waals surface area contributed by atoms with Gasteiger partial charge in [-0.25, -0.2) is 4.79 Å². The molecule has 7 nitrogen and oxygen atoms in total. The molecule has 0 spiro atoms.